The SMILES string of the molecule is CSc1nc(C)c(CCC(=O)NNC(=O)C(C)Oc2ccccc2F)c(C)n1. The maximum Gasteiger partial charge on any atom is 0.279 e. The van der Waals surface area contributed by atoms with Crippen molar-refractivity contribution in [2.24, 2.45) is 0 Å². The van der Waals surface area contributed by atoms with E-state index in [9.17, 15) is 14.0 Å². The molecule has 0 saturated carbocycles. The molecule has 1 heterocycles. The van der Waals surface area contributed by atoms with Gasteiger partial charge < -0.3 is 4.74 Å². The summed E-state index contributed by atoms with van der Waals surface area (Å²) in [7, 11) is 0. The van der Waals surface area contributed by atoms with Crippen LogP contribution in [0.5, 0.6) is 5.75 Å². The van der Waals surface area contributed by atoms with Crippen molar-refractivity contribution in [3.8, 4) is 5.75 Å². The van der Waals surface area contributed by atoms with Crippen LogP contribution in [0.25, 0.3) is 0 Å². The van der Waals surface area contributed by atoms with Gasteiger partial charge in [-0.15, -0.1) is 0 Å². The second-order valence-electron chi connectivity index (χ2n) is 6.09. The molecule has 9 heteroatoms. The molecule has 0 aliphatic rings. The standard InChI is InChI=1S/C19H23FN4O3S/c1-11-14(12(2)22-19(21-11)28-4)9-10-17(25)23-24-18(26)13(3)27-16-8-6-5-7-15(16)20/h5-8,13H,9-10H2,1-4H3,(H,23,25)(H,24,26). The molecule has 0 bridgehead atoms. The number of benzene rings is 1. The third-order valence-corrected chi connectivity index (χ3v) is 4.57. The summed E-state index contributed by atoms with van der Waals surface area (Å²) in [4.78, 5) is 32.8. The molecule has 0 fully saturated rings. The number of nitrogens with zero attached hydrogens (tertiary/aromatic N) is 2. The van der Waals surface area contributed by atoms with Crippen LogP contribution in [-0.4, -0.2) is 34.1 Å². The van der Waals surface area contributed by atoms with Crippen LogP contribution in [-0.2, 0) is 16.0 Å². The number of aromatic nitrogens is 2. The predicted octanol–water partition coefficient (Wildman–Crippen LogP) is 2.50. The first-order chi connectivity index (χ1) is 13.3. The number of amides is 2. The van der Waals surface area contributed by atoms with Crippen LogP contribution < -0.4 is 15.6 Å². The second-order valence-corrected chi connectivity index (χ2v) is 6.86. The number of hydrogen-bond donors (Lipinski definition) is 2. The fourth-order valence-corrected chi connectivity index (χ4v) is 2.94. The molecule has 150 valence electrons. The summed E-state index contributed by atoms with van der Waals surface area (Å²) in [5, 5.41) is 0.694. The van der Waals surface area contributed by atoms with Gasteiger partial charge in [0.2, 0.25) is 5.91 Å². The Morgan fingerprint density at radius 1 is 1.18 bits per heavy atom. The molecule has 0 radical (unpaired) electrons. The maximum absolute atomic E-state index is 13.6. The van der Waals surface area contributed by atoms with Gasteiger partial charge in [-0.05, 0) is 51.1 Å². The van der Waals surface area contributed by atoms with Crippen molar-refractivity contribution in [3.63, 3.8) is 0 Å². The third kappa shape index (κ3) is 5.91. The van der Waals surface area contributed by atoms with Crippen LogP contribution in [0.1, 0.15) is 30.3 Å². The van der Waals surface area contributed by atoms with Crippen molar-refractivity contribution in [2.75, 3.05) is 6.26 Å². The Hall–Kier alpha value is -2.68. The van der Waals surface area contributed by atoms with E-state index in [1.165, 1.54) is 36.9 Å². The lowest BCUT2D eigenvalue weighted by molar-refractivity contribution is -0.132. The van der Waals surface area contributed by atoms with Gasteiger partial charge in [0, 0.05) is 17.8 Å². The molecular formula is C19H23FN4O3S. The molecule has 1 unspecified atom stereocenters. The van der Waals surface area contributed by atoms with E-state index in [-0.39, 0.29) is 18.1 Å². The Labute approximate surface area is 167 Å². The van der Waals surface area contributed by atoms with Crippen molar-refractivity contribution >= 4 is 23.6 Å². The summed E-state index contributed by atoms with van der Waals surface area (Å²) in [5.74, 6) is -1.54. The lowest BCUT2D eigenvalue weighted by Gasteiger charge is -2.15. The number of carbonyl (C=O) groups excluding carboxylic acids is 2. The minimum absolute atomic E-state index is 0.0314. The summed E-state index contributed by atoms with van der Waals surface area (Å²) in [6.45, 7) is 5.22. The highest BCUT2D eigenvalue weighted by Crippen LogP contribution is 2.18. The fraction of sp³-hybridized carbons (Fsp3) is 0.368. The Morgan fingerprint density at radius 2 is 1.82 bits per heavy atom. The van der Waals surface area contributed by atoms with E-state index in [1.807, 2.05) is 20.1 Å². The first kappa shape index (κ1) is 21.6. The first-order valence-corrected chi connectivity index (χ1v) is 9.92. The molecule has 0 aliphatic heterocycles. The molecule has 2 N–H and O–H groups in total. The van der Waals surface area contributed by atoms with Crippen LogP contribution in [0.2, 0.25) is 0 Å². The van der Waals surface area contributed by atoms with E-state index >= 15 is 0 Å². The van der Waals surface area contributed by atoms with Crippen molar-refractivity contribution in [2.45, 2.75) is 44.9 Å². The molecule has 0 aliphatic carbocycles. The highest BCUT2D eigenvalue weighted by molar-refractivity contribution is 7.98. The number of carbonyl (C=O) groups is 2. The van der Waals surface area contributed by atoms with E-state index < -0.39 is 17.8 Å². The van der Waals surface area contributed by atoms with Crippen molar-refractivity contribution < 1.29 is 18.7 Å². The quantitative estimate of drug-likeness (QED) is 0.417. The lowest BCUT2D eigenvalue weighted by Crippen LogP contribution is -2.47. The van der Waals surface area contributed by atoms with Crippen LogP contribution in [0.3, 0.4) is 0 Å². The number of rotatable bonds is 7. The molecule has 28 heavy (non-hydrogen) atoms. The largest absolute Gasteiger partial charge is 0.478 e. The second kappa shape index (κ2) is 10.0. The number of hydrazine groups is 1. The van der Waals surface area contributed by atoms with Gasteiger partial charge >= 0.3 is 0 Å². The molecule has 1 aromatic heterocycles. The van der Waals surface area contributed by atoms with Gasteiger partial charge in [-0.25, -0.2) is 14.4 Å². The third-order valence-electron chi connectivity index (χ3n) is 4.02. The minimum atomic E-state index is -0.978. The molecule has 2 rings (SSSR count). The van der Waals surface area contributed by atoms with Crippen molar-refractivity contribution in [3.05, 3.63) is 47.0 Å². The number of ether oxygens (including phenoxy) is 1. The normalized spacial score (nSPS) is 11.6. The van der Waals surface area contributed by atoms with Gasteiger partial charge in [0.15, 0.2) is 22.8 Å². The number of nitrogens with one attached hydrogen (secondary N) is 2. The average Bonchev–Trinajstić information content (AvgIpc) is 2.66. The van der Waals surface area contributed by atoms with Crippen LogP contribution in [0.4, 0.5) is 4.39 Å². The van der Waals surface area contributed by atoms with Crippen LogP contribution in [0, 0.1) is 19.7 Å². The zero-order valence-electron chi connectivity index (χ0n) is 16.2. The minimum Gasteiger partial charge on any atom is -0.478 e. The summed E-state index contributed by atoms with van der Waals surface area (Å²) < 4.78 is 18.8. The lowest BCUT2D eigenvalue weighted by atomic mass is 10.1. The number of hydrogen-bond acceptors (Lipinski definition) is 6. The van der Waals surface area contributed by atoms with E-state index in [0.29, 0.717) is 11.6 Å². The van der Waals surface area contributed by atoms with Gasteiger partial charge in [-0.2, -0.15) is 0 Å². The fourth-order valence-electron chi connectivity index (χ4n) is 2.48. The highest BCUT2D eigenvalue weighted by Gasteiger charge is 2.17. The van der Waals surface area contributed by atoms with Gasteiger partial charge in [0.25, 0.3) is 5.91 Å². The summed E-state index contributed by atoms with van der Waals surface area (Å²) >= 11 is 1.46. The van der Waals surface area contributed by atoms with E-state index in [2.05, 4.69) is 20.8 Å². The molecule has 7 nitrogen and oxygen atoms in total. The molecule has 1 atom stereocenters. The Bertz CT molecular complexity index is 840. The Balaban J connectivity index is 1.82. The zero-order valence-corrected chi connectivity index (χ0v) is 17.0. The van der Waals surface area contributed by atoms with E-state index in [1.54, 1.807) is 6.07 Å². The monoisotopic (exact) mass is 406 g/mol. The zero-order chi connectivity index (χ0) is 20.7. The number of aryl methyl sites for hydroxylation is 2. The van der Waals surface area contributed by atoms with Gasteiger partial charge in [-0.3, -0.25) is 20.4 Å². The number of thioether (sulfide) groups is 1. The topological polar surface area (TPSA) is 93.2 Å². The molecule has 0 spiro atoms. The van der Waals surface area contributed by atoms with Crippen molar-refractivity contribution in [1.82, 2.24) is 20.8 Å². The summed E-state index contributed by atoms with van der Waals surface area (Å²) in [6, 6.07) is 5.79. The number of halogens is 1. The predicted molar refractivity (Wildman–Crippen MR) is 104 cm³/mol. The van der Waals surface area contributed by atoms with Gasteiger partial charge in [-0.1, -0.05) is 23.9 Å². The van der Waals surface area contributed by atoms with E-state index in [0.717, 1.165) is 17.0 Å². The maximum atomic E-state index is 13.6. The van der Waals surface area contributed by atoms with Gasteiger partial charge in [0.1, 0.15) is 0 Å². The molecular weight excluding hydrogens is 383 g/mol. The van der Waals surface area contributed by atoms with Gasteiger partial charge in [0.05, 0.1) is 0 Å². The summed E-state index contributed by atoms with van der Waals surface area (Å²) in [6.07, 6.45) is 1.54. The Morgan fingerprint density at radius 3 is 2.43 bits per heavy atom. The molecule has 0 saturated heterocycles. The highest BCUT2D eigenvalue weighted by atomic mass is 32.2. The molecule has 1 aromatic carbocycles. The summed E-state index contributed by atoms with van der Waals surface area (Å²) in [5.41, 5.74) is 7.20. The smallest absolute Gasteiger partial charge is 0.279 e. The molecule has 2 amide bonds. The Kier molecular flexibility index (Phi) is 7.74. The number of para-hydroxylation sites is 1. The van der Waals surface area contributed by atoms with E-state index in [4.69, 9.17) is 4.74 Å². The van der Waals surface area contributed by atoms with Crippen LogP contribution in [0.15, 0.2) is 29.4 Å². The van der Waals surface area contributed by atoms with Crippen molar-refractivity contribution in [1.29, 1.82) is 0 Å². The molecule has 2 aromatic rings. The van der Waals surface area contributed by atoms with Crippen LogP contribution >= 0.6 is 11.8 Å². The first-order valence-electron chi connectivity index (χ1n) is 8.69. The average molecular weight is 406 g/mol.